The lowest BCUT2D eigenvalue weighted by Gasteiger charge is -2.18. The lowest BCUT2D eigenvalue weighted by molar-refractivity contribution is 0.0922. The minimum absolute atomic E-state index is 0.0708. The van der Waals surface area contributed by atoms with Gasteiger partial charge in [-0.3, -0.25) is 9.59 Å². The van der Waals surface area contributed by atoms with Gasteiger partial charge in [0.2, 0.25) is 0 Å². The number of aromatic amines is 1. The van der Waals surface area contributed by atoms with Gasteiger partial charge in [-0.1, -0.05) is 48.5 Å². The highest BCUT2D eigenvalue weighted by molar-refractivity contribution is 6.11. The minimum Gasteiger partial charge on any atom is -0.392 e. The van der Waals surface area contributed by atoms with Crippen LogP contribution >= 0.6 is 0 Å². The van der Waals surface area contributed by atoms with E-state index in [1.54, 1.807) is 43.5 Å². The Morgan fingerprint density at radius 2 is 1.81 bits per heavy atom. The van der Waals surface area contributed by atoms with Crippen LogP contribution in [0.3, 0.4) is 0 Å². The summed E-state index contributed by atoms with van der Waals surface area (Å²) in [7, 11) is 0. The number of aliphatic hydroxyl groups excluding tert-OH is 1. The van der Waals surface area contributed by atoms with E-state index < -0.39 is 12.1 Å². The summed E-state index contributed by atoms with van der Waals surface area (Å²) in [6, 6.07) is 23.8. The first-order chi connectivity index (χ1) is 17.5. The highest BCUT2D eigenvalue weighted by Crippen LogP contribution is 2.26. The maximum atomic E-state index is 13.7. The molecule has 0 bridgehead atoms. The zero-order chi connectivity index (χ0) is 25.5. The number of carbonyl (C=O) groups is 2. The second-order valence-corrected chi connectivity index (χ2v) is 8.74. The molecule has 0 saturated carbocycles. The second-order valence-electron chi connectivity index (χ2n) is 8.74. The van der Waals surface area contributed by atoms with Gasteiger partial charge in [0.05, 0.1) is 23.8 Å². The predicted octanol–water partition coefficient (Wildman–Crippen LogP) is 3.91. The molecule has 0 aliphatic rings. The predicted molar refractivity (Wildman–Crippen MR) is 139 cm³/mol. The summed E-state index contributed by atoms with van der Waals surface area (Å²) in [6.45, 7) is 2.35. The standard InChI is InChI=1S/C29H28N4O3/c1-19(34)17-33-29(36)23-11-12-24-25(18-32-26(24)15-23)28(35)27(22-5-3-2-4-6-22)31-14-13-20-7-9-21(16-30)10-8-20/h2-12,15,18-19,27,31-32,34H,13-14,17H2,1H3,(H,33,36)/t19-,27+/m1/s1. The molecule has 7 nitrogen and oxygen atoms in total. The van der Waals surface area contributed by atoms with E-state index in [4.69, 9.17) is 5.26 Å². The van der Waals surface area contributed by atoms with Crippen molar-refractivity contribution in [2.75, 3.05) is 13.1 Å². The average Bonchev–Trinajstić information content (AvgIpc) is 3.33. The molecule has 4 rings (SSSR count). The van der Waals surface area contributed by atoms with E-state index in [1.165, 1.54) is 0 Å². The maximum absolute atomic E-state index is 13.7. The van der Waals surface area contributed by atoms with Gasteiger partial charge in [0.1, 0.15) is 0 Å². The fraction of sp³-hybridized carbons (Fsp3) is 0.207. The summed E-state index contributed by atoms with van der Waals surface area (Å²) in [6.07, 6.45) is 1.76. The molecule has 0 aliphatic heterocycles. The first-order valence-corrected chi connectivity index (χ1v) is 11.8. The summed E-state index contributed by atoms with van der Waals surface area (Å²) in [5.41, 5.74) is 4.24. The number of hydrogen-bond donors (Lipinski definition) is 4. The Labute approximate surface area is 209 Å². The summed E-state index contributed by atoms with van der Waals surface area (Å²) in [5, 5.41) is 25.2. The number of H-pyrrole nitrogens is 1. The molecule has 1 heterocycles. The Balaban J connectivity index is 1.53. The number of Topliss-reactive ketones (excluding diaryl/α,β-unsaturated/α-hetero) is 1. The van der Waals surface area contributed by atoms with Crippen LogP contribution in [0.25, 0.3) is 10.9 Å². The number of carbonyl (C=O) groups excluding carboxylic acids is 2. The number of aromatic nitrogens is 1. The van der Waals surface area contributed by atoms with E-state index in [0.717, 1.165) is 16.5 Å². The fourth-order valence-electron chi connectivity index (χ4n) is 4.08. The van der Waals surface area contributed by atoms with Crippen molar-refractivity contribution < 1.29 is 14.7 Å². The largest absolute Gasteiger partial charge is 0.392 e. The van der Waals surface area contributed by atoms with E-state index in [9.17, 15) is 14.7 Å². The summed E-state index contributed by atoms with van der Waals surface area (Å²) in [5.74, 6) is -0.356. The Kier molecular flexibility index (Phi) is 7.91. The van der Waals surface area contributed by atoms with Crippen molar-refractivity contribution in [1.82, 2.24) is 15.6 Å². The molecule has 0 radical (unpaired) electrons. The number of fused-ring (bicyclic) bond motifs is 1. The van der Waals surface area contributed by atoms with Crippen molar-refractivity contribution in [2.45, 2.75) is 25.5 Å². The molecule has 0 unspecified atom stereocenters. The quantitative estimate of drug-likeness (QED) is 0.257. The van der Waals surface area contributed by atoms with Crippen LogP contribution in [-0.4, -0.2) is 41.0 Å². The fourth-order valence-corrected chi connectivity index (χ4v) is 4.08. The smallest absolute Gasteiger partial charge is 0.251 e. The summed E-state index contributed by atoms with van der Waals surface area (Å²) in [4.78, 5) is 29.2. The Hall–Kier alpha value is -4.25. The Morgan fingerprint density at radius 1 is 1.06 bits per heavy atom. The minimum atomic E-state index is -0.633. The van der Waals surface area contributed by atoms with Crippen LogP contribution in [0.5, 0.6) is 0 Å². The molecule has 0 saturated heterocycles. The zero-order valence-corrected chi connectivity index (χ0v) is 20.0. The van der Waals surface area contributed by atoms with E-state index in [1.807, 2.05) is 42.5 Å². The van der Waals surface area contributed by atoms with E-state index in [-0.39, 0.29) is 18.2 Å². The number of hydrogen-bond acceptors (Lipinski definition) is 5. The van der Waals surface area contributed by atoms with E-state index >= 15 is 0 Å². The number of nitrogens with one attached hydrogen (secondary N) is 3. The van der Waals surface area contributed by atoms with Crippen LogP contribution in [0.2, 0.25) is 0 Å². The molecule has 3 aromatic carbocycles. The number of benzene rings is 3. The normalized spacial score (nSPS) is 12.6. The van der Waals surface area contributed by atoms with Crippen LogP contribution in [0.4, 0.5) is 0 Å². The van der Waals surface area contributed by atoms with Crippen LogP contribution in [0, 0.1) is 11.3 Å². The third-order valence-electron chi connectivity index (χ3n) is 6.01. The first-order valence-electron chi connectivity index (χ1n) is 11.8. The molecule has 1 amide bonds. The molecular formula is C29H28N4O3. The van der Waals surface area contributed by atoms with Gasteiger partial charge in [0.15, 0.2) is 5.78 Å². The molecule has 2 atom stereocenters. The Bertz CT molecular complexity index is 1390. The lowest BCUT2D eigenvalue weighted by atomic mass is 9.96. The van der Waals surface area contributed by atoms with Crippen LogP contribution < -0.4 is 10.6 Å². The third kappa shape index (κ3) is 5.87. The van der Waals surface area contributed by atoms with Crippen molar-refractivity contribution in [3.8, 4) is 6.07 Å². The second kappa shape index (κ2) is 11.5. The Morgan fingerprint density at radius 3 is 2.50 bits per heavy atom. The van der Waals surface area contributed by atoms with Gasteiger partial charge in [0, 0.05) is 41.3 Å². The number of aliphatic hydroxyl groups is 1. The molecule has 1 aromatic heterocycles. The van der Waals surface area contributed by atoms with Crippen molar-refractivity contribution in [1.29, 1.82) is 5.26 Å². The molecular weight excluding hydrogens is 452 g/mol. The van der Waals surface area contributed by atoms with Crippen molar-refractivity contribution in [3.63, 3.8) is 0 Å². The monoisotopic (exact) mass is 480 g/mol. The van der Waals surface area contributed by atoms with Gasteiger partial charge < -0.3 is 20.7 Å². The lowest BCUT2D eigenvalue weighted by Crippen LogP contribution is -2.30. The number of rotatable bonds is 10. The number of nitrogens with zero attached hydrogens (tertiary/aromatic N) is 1. The number of amides is 1. The van der Waals surface area contributed by atoms with Gasteiger partial charge in [-0.05, 0) is 48.7 Å². The van der Waals surface area contributed by atoms with Crippen molar-refractivity contribution in [2.24, 2.45) is 0 Å². The third-order valence-corrected chi connectivity index (χ3v) is 6.01. The van der Waals surface area contributed by atoms with Gasteiger partial charge in [0.25, 0.3) is 5.91 Å². The highest BCUT2D eigenvalue weighted by Gasteiger charge is 2.24. The van der Waals surface area contributed by atoms with Crippen molar-refractivity contribution in [3.05, 3.63) is 107 Å². The maximum Gasteiger partial charge on any atom is 0.251 e. The summed E-state index contributed by atoms with van der Waals surface area (Å²) >= 11 is 0. The van der Waals surface area contributed by atoms with Gasteiger partial charge >= 0.3 is 0 Å². The molecule has 0 fully saturated rings. The molecule has 0 aliphatic carbocycles. The molecule has 36 heavy (non-hydrogen) atoms. The summed E-state index contributed by atoms with van der Waals surface area (Å²) < 4.78 is 0. The van der Waals surface area contributed by atoms with Gasteiger partial charge in [-0.25, -0.2) is 0 Å². The van der Waals surface area contributed by atoms with Crippen molar-refractivity contribution >= 4 is 22.6 Å². The SMILES string of the molecule is C[C@@H](O)CNC(=O)c1ccc2c(C(=O)[C@@H](NCCc3ccc(C#N)cc3)c3ccccc3)c[nH]c2c1. The molecule has 4 aromatic rings. The molecule has 4 N–H and O–H groups in total. The topological polar surface area (TPSA) is 118 Å². The number of nitriles is 1. The van der Waals surface area contributed by atoms with E-state index in [2.05, 4.69) is 21.7 Å². The van der Waals surface area contributed by atoms with Crippen LogP contribution in [0.1, 0.15) is 50.4 Å². The molecule has 0 spiro atoms. The van der Waals surface area contributed by atoms with Crippen LogP contribution in [0.15, 0.2) is 79.0 Å². The zero-order valence-electron chi connectivity index (χ0n) is 20.0. The average molecular weight is 481 g/mol. The molecule has 7 heteroatoms. The first kappa shape index (κ1) is 24.9. The van der Waals surface area contributed by atoms with Crippen LogP contribution in [-0.2, 0) is 6.42 Å². The molecule has 182 valence electrons. The highest BCUT2D eigenvalue weighted by atomic mass is 16.3. The number of ketones is 1. The van der Waals surface area contributed by atoms with Gasteiger partial charge in [-0.2, -0.15) is 5.26 Å². The van der Waals surface area contributed by atoms with E-state index in [0.29, 0.717) is 35.2 Å². The van der Waals surface area contributed by atoms with Gasteiger partial charge in [-0.15, -0.1) is 0 Å².